The van der Waals surface area contributed by atoms with E-state index in [1.807, 2.05) is 0 Å². The second-order valence-corrected chi connectivity index (χ2v) is 7.28. The molecule has 1 saturated carbocycles. The summed E-state index contributed by atoms with van der Waals surface area (Å²) in [5.74, 6) is -4.16. The van der Waals surface area contributed by atoms with Crippen LogP contribution in [0.3, 0.4) is 0 Å². The van der Waals surface area contributed by atoms with Gasteiger partial charge in [-0.1, -0.05) is 54.1 Å². The van der Waals surface area contributed by atoms with E-state index in [0.717, 1.165) is 0 Å². The quantitative estimate of drug-likeness (QED) is 0.629. The molecule has 0 aliphatic heterocycles. The van der Waals surface area contributed by atoms with Gasteiger partial charge < -0.3 is 9.84 Å². The summed E-state index contributed by atoms with van der Waals surface area (Å²) >= 11 is 5.98. The molecule has 0 bridgehead atoms. The Bertz CT molecular complexity index is 906. The molecule has 3 rings (SSSR count). The van der Waals surface area contributed by atoms with Gasteiger partial charge in [0.05, 0.1) is 18.6 Å². The summed E-state index contributed by atoms with van der Waals surface area (Å²) in [6.07, 6.45) is -0.331. The zero-order chi connectivity index (χ0) is 20.3. The molecule has 0 heterocycles. The molecule has 0 saturated heterocycles. The first-order chi connectivity index (χ1) is 13.4. The molecule has 2 aromatic carbocycles. The highest BCUT2D eigenvalue weighted by Gasteiger charge is 2.56. The average Bonchev–Trinajstić information content (AvgIpc) is 2.69. The van der Waals surface area contributed by atoms with Crippen molar-refractivity contribution >= 4 is 23.4 Å². The van der Waals surface area contributed by atoms with E-state index in [1.54, 1.807) is 61.5 Å². The van der Waals surface area contributed by atoms with Crippen molar-refractivity contribution in [3.05, 3.63) is 70.7 Å². The lowest BCUT2D eigenvalue weighted by Gasteiger charge is -2.44. The van der Waals surface area contributed by atoms with Gasteiger partial charge in [0, 0.05) is 17.4 Å². The van der Waals surface area contributed by atoms with Crippen LogP contribution in [0.25, 0.3) is 0 Å². The second-order valence-electron chi connectivity index (χ2n) is 6.85. The highest BCUT2D eigenvalue weighted by Crippen LogP contribution is 2.50. The number of hydrogen-bond acceptors (Lipinski definition) is 5. The number of rotatable bonds is 4. The molecule has 1 N–H and O–H groups in total. The molecular weight excluding hydrogens is 378 g/mol. The molecule has 1 aliphatic rings. The van der Waals surface area contributed by atoms with Gasteiger partial charge >= 0.3 is 5.97 Å². The molecule has 5 nitrogen and oxygen atoms in total. The molecule has 2 aromatic rings. The van der Waals surface area contributed by atoms with Gasteiger partial charge in [0.2, 0.25) is 0 Å². The van der Waals surface area contributed by atoms with E-state index in [4.69, 9.17) is 16.3 Å². The molecule has 6 heteroatoms. The zero-order valence-corrected chi connectivity index (χ0v) is 16.1. The van der Waals surface area contributed by atoms with E-state index in [0.29, 0.717) is 16.1 Å². The lowest BCUT2D eigenvalue weighted by atomic mass is 9.60. The van der Waals surface area contributed by atoms with Crippen LogP contribution in [0.15, 0.2) is 54.6 Å². The average molecular weight is 398 g/mol. The minimum absolute atomic E-state index is 0.121. The van der Waals surface area contributed by atoms with Gasteiger partial charge in [0.15, 0.2) is 5.78 Å². The number of nitriles is 1. The topological polar surface area (TPSA) is 87.4 Å². The fourth-order valence-electron chi connectivity index (χ4n) is 3.95. The van der Waals surface area contributed by atoms with E-state index < -0.39 is 35.1 Å². The van der Waals surface area contributed by atoms with Crippen LogP contribution in [0, 0.1) is 23.2 Å². The number of benzene rings is 2. The van der Waals surface area contributed by atoms with Crippen LogP contribution in [-0.2, 0) is 19.9 Å². The Balaban J connectivity index is 2.16. The summed E-state index contributed by atoms with van der Waals surface area (Å²) in [6, 6.07) is 17.4. The predicted octanol–water partition coefficient (Wildman–Crippen LogP) is 3.60. The summed E-state index contributed by atoms with van der Waals surface area (Å²) < 4.78 is 5.12. The molecule has 1 fully saturated rings. The summed E-state index contributed by atoms with van der Waals surface area (Å²) in [5, 5.41) is 21.9. The fraction of sp³-hybridized carbons (Fsp3) is 0.318. The van der Waals surface area contributed by atoms with Crippen LogP contribution >= 0.6 is 11.6 Å². The maximum atomic E-state index is 13.0. The highest BCUT2D eigenvalue weighted by atomic mass is 35.5. The molecular formula is C22H20ClNO4. The van der Waals surface area contributed by atoms with Crippen LogP contribution in [0.1, 0.15) is 30.4 Å². The second kappa shape index (κ2) is 8.14. The van der Waals surface area contributed by atoms with Crippen molar-refractivity contribution in [1.29, 1.82) is 5.26 Å². The molecule has 0 aromatic heterocycles. The van der Waals surface area contributed by atoms with Gasteiger partial charge in [-0.25, -0.2) is 0 Å². The number of Topliss-reactive ketones (excluding diaryl/α,β-unsaturated/α-hetero) is 1. The number of nitrogens with zero attached hydrogens (tertiary/aromatic N) is 1. The van der Waals surface area contributed by atoms with Crippen molar-refractivity contribution in [1.82, 2.24) is 0 Å². The number of carbonyl (C=O) groups excluding carboxylic acids is 2. The molecule has 0 amide bonds. The van der Waals surface area contributed by atoms with Gasteiger partial charge in [0.1, 0.15) is 11.5 Å². The van der Waals surface area contributed by atoms with E-state index in [9.17, 15) is 20.0 Å². The van der Waals surface area contributed by atoms with Gasteiger partial charge in [-0.15, -0.1) is 0 Å². The van der Waals surface area contributed by atoms with Gasteiger partial charge in [0.25, 0.3) is 0 Å². The number of halogens is 1. The molecule has 0 unspecified atom stereocenters. The standard InChI is InChI=1S/C22H20ClNO4/c1-2-28-21(26)20-18(25)12-22(27,15-6-4-3-5-7-15)17(13-24)19(20)14-8-10-16(23)11-9-14/h3-11,17,19-20,27H,2,12H2,1H3/t17-,19+,20-,22+/m0/s1. The Labute approximate surface area is 168 Å². The fourth-order valence-corrected chi connectivity index (χ4v) is 4.08. The Hall–Kier alpha value is -2.68. The first-order valence-electron chi connectivity index (χ1n) is 9.04. The van der Waals surface area contributed by atoms with Crippen molar-refractivity contribution in [2.45, 2.75) is 24.9 Å². The lowest BCUT2D eigenvalue weighted by molar-refractivity contribution is -0.161. The Morgan fingerprint density at radius 2 is 1.89 bits per heavy atom. The normalized spacial score (nSPS) is 27.1. The first-order valence-corrected chi connectivity index (χ1v) is 9.42. The number of aliphatic hydroxyl groups is 1. The van der Waals surface area contributed by atoms with Crippen LogP contribution in [-0.4, -0.2) is 23.5 Å². The minimum atomic E-state index is -1.71. The molecule has 28 heavy (non-hydrogen) atoms. The van der Waals surface area contributed by atoms with Gasteiger partial charge in [-0.2, -0.15) is 5.26 Å². The number of ether oxygens (including phenoxy) is 1. The predicted molar refractivity (Wildman–Crippen MR) is 103 cm³/mol. The number of ketones is 1. The van der Waals surface area contributed by atoms with Crippen LogP contribution in [0.4, 0.5) is 0 Å². The van der Waals surface area contributed by atoms with Gasteiger partial charge in [-0.05, 0) is 30.2 Å². The SMILES string of the molecule is CCOC(=O)[C@H]1C(=O)C[C@@](O)(c2ccccc2)[C@@H](C#N)[C@H]1c1ccc(Cl)cc1. The highest BCUT2D eigenvalue weighted by molar-refractivity contribution is 6.30. The Morgan fingerprint density at radius 1 is 1.25 bits per heavy atom. The Morgan fingerprint density at radius 3 is 2.46 bits per heavy atom. The summed E-state index contributed by atoms with van der Waals surface area (Å²) in [7, 11) is 0. The summed E-state index contributed by atoms with van der Waals surface area (Å²) in [6.45, 7) is 1.78. The van der Waals surface area contributed by atoms with Crippen molar-refractivity contribution in [2.24, 2.45) is 11.8 Å². The van der Waals surface area contributed by atoms with E-state index in [1.165, 1.54) is 0 Å². The van der Waals surface area contributed by atoms with Crippen molar-refractivity contribution in [3.8, 4) is 6.07 Å². The van der Waals surface area contributed by atoms with Crippen LogP contribution in [0.2, 0.25) is 5.02 Å². The van der Waals surface area contributed by atoms with Crippen molar-refractivity contribution < 1.29 is 19.4 Å². The van der Waals surface area contributed by atoms with Gasteiger partial charge in [-0.3, -0.25) is 9.59 Å². The molecule has 1 aliphatic carbocycles. The monoisotopic (exact) mass is 397 g/mol. The first kappa shape index (κ1) is 20.1. The van der Waals surface area contributed by atoms with E-state index in [-0.39, 0.29) is 13.0 Å². The smallest absolute Gasteiger partial charge is 0.317 e. The lowest BCUT2D eigenvalue weighted by Crippen LogP contribution is -2.51. The van der Waals surface area contributed by atoms with Crippen LogP contribution in [0.5, 0.6) is 0 Å². The number of hydrogen-bond donors (Lipinski definition) is 1. The Kier molecular flexibility index (Phi) is 5.83. The molecule has 0 spiro atoms. The maximum absolute atomic E-state index is 13.0. The summed E-state index contributed by atoms with van der Waals surface area (Å²) in [5.41, 5.74) is -0.659. The zero-order valence-electron chi connectivity index (χ0n) is 15.3. The van der Waals surface area contributed by atoms with Crippen molar-refractivity contribution in [3.63, 3.8) is 0 Å². The molecule has 4 atom stereocenters. The third-order valence-electron chi connectivity index (χ3n) is 5.23. The summed E-state index contributed by atoms with van der Waals surface area (Å²) in [4.78, 5) is 25.6. The number of carbonyl (C=O) groups is 2. The van der Waals surface area contributed by atoms with E-state index in [2.05, 4.69) is 6.07 Å². The molecule has 144 valence electrons. The minimum Gasteiger partial charge on any atom is -0.465 e. The molecule has 0 radical (unpaired) electrons. The third-order valence-corrected chi connectivity index (χ3v) is 5.48. The number of esters is 1. The maximum Gasteiger partial charge on any atom is 0.317 e. The van der Waals surface area contributed by atoms with Crippen LogP contribution < -0.4 is 0 Å². The largest absolute Gasteiger partial charge is 0.465 e. The van der Waals surface area contributed by atoms with Crippen molar-refractivity contribution in [2.75, 3.05) is 6.61 Å². The van der Waals surface area contributed by atoms with E-state index >= 15 is 0 Å². The third kappa shape index (κ3) is 3.54.